The highest BCUT2D eigenvalue weighted by Gasteiger charge is 2.32. The third-order valence-corrected chi connectivity index (χ3v) is 5.29. The Labute approximate surface area is 202 Å². The molecule has 0 aliphatic carbocycles. The van der Waals surface area contributed by atoms with Crippen LogP contribution in [0.5, 0.6) is 23.0 Å². The molecule has 3 rings (SSSR count). The Morgan fingerprint density at radius 3 is 2.29 bits per heavy atom. The molecule has 0 amide bonds. The molecule has 0 aliphatic heterocycles. The summed E-state index contributed by atoms with van der Waals surface area (Å²) in [7, 11) is 0. The number of carboxylic acids is 1. The topological polar surface area (TPSA) is 65.0 Å². The SMILES string of the molecule is Cc1cc(CC(=O)O)ccc1OCCC(C)Oc1ccc(C(F)(F)F)cc1Oc1ccccc1C. The van der Waals surface area contributed by atoms with E-state index in [-0.39, 0.29) is 24.0 Å². The van der Waals surface area contributed by atoms with Crippen molar-refractivity contribution in [1.29, 1.82) is 0 Å². The molecular formula is C27H27F3O5. The Morgan fingerprint density at radius 2 is 1.63 bits per heavy atom. The molecule has 0 spiro atoms. The van der Waals surface area contributed by atoms with E-state index in [2.05, 4.69) is 0 Å². The van der Waals surface area contributed by atoms with Gasteiger partial charge in [0, 0.05) is 6.42 Å². The fourth-order valence-corrected chi connectivity index (χ4v) is 3.42. The average Bonchev–Trinajstić information content (AvgIpc) is 2.77. The van der Waals surface area contributed by atoms with Gasteiger partial charge in [-0.25, -0.2) is 0 Å². The highest BCUT2D eigenvalue weighted by atomic mass is 19.4. The van der Waals surface area contributed by atoms with Crippen molar-refractivity contribution in [3.63, 3.8) is 0 Å². The van der Waals surface area contributed by atoms with E-state index in [4.69, 9.17) is 19.3 Å². The van der Waals surface area contributed by atoms with Crippen molar-refractivity contribution in [3.8, 4) is 23.0 Å². The quantitative estimate of drug-likeness (QED) is 0.334. The molecule has 0 aliphatic rings. The summed E-state index contributed by atoms with van der Waals surface area (Å²) < 4.78 is 57.4. The van der Waals surface area contributed by atoms with Gasteiger partial charge in [-0.1, -0.05) is 30.3 Å². The first-order valence-corrected chi connectivity index (χ1v) is 11.1. The number of alkyl halides is 3. The number of halogens is 3. The summed E-state index contributed by atoms with van der Waals surface area (Å²) in [5, 5.41) is 8.91. The van der Waals surface area contributed by atoms with Crippen molar-refractivity contribution in [1.82, 2.24) is 0 Å². The summed E-state index contributed by atoms with van der Waals surface area (Å²) in [6.45, 7) is 5.73. The Balaban J connectivity index is 1.67. The molecule has 1 N–H and O–H groups in total. The Kier molecular flexibility index (Phi) is 8.27. The van der Waals surface area contributed by atoms with E-state index in [1.165, 1.54) is 6.07 Å². The third-order valence-electron chi connectivity index (χ3n) is 5.29. The number of hydrogen-bond acceptors (Lipinski definition) is 4. The Bertz CT molecular complexity index is 1170. The van der Waals surface area contributed by atoms with Gasteiger partial charge in [0.1, 0.15) is 11.5 Å². The minimum Gasteiger partial charge on any atom is -0.493 e. The van der Waals surface area contributed by atoms with Gasteiger partial charge in [-0.15, -0.1) is 0 Å². The molecule has 5 nitrogen and oxygen atoms in total. The summed E-state index contributed by atoms with van der Waals surface area (Å²) >= 11 is 0. The van der Waals surface area contributed by atoms with E-state index in [0.717, 1.165) is 23.3 Å². The molecule has 0 saturated heterocycles. The maximum Gasteiger partial charge on any atom is 0.416 e. The number of carbonyl (C=O) groups is 1. The van der Waals surface area contributed by atoms with E-state index >= 15 is 0 Å². The molecule has 3 aromatic rings. The summed E-state index contributed by atoms with van der Waals surface area (Å²) in [5.41, 5.74) is 1.45. The zero-order valence-electron chi connectivity index (χ0n) is 19.7. The molecule has 35 heavy (non-hydrogen) atoms. The van der Waals surface area contributed by atoms with Gasteiger partial charge in [0.25, 0.3) is 0 Å². The summed E-state index contributed by atoms with van der Waals surface area (Å²) in [5.74, 6) is 0.340. The van der Waals surface area contributed by atoms with Gasteiger partial charge in [-0.2, -0.15) is 13.2 Å². The summed E-state index contributed by atoms with van der Waals surface area (Å²) in [6.07, 6.45) is -4.50. The van der Waals surface area contributed by atoms with E-state index in [9.17, 15) is 18.0 Å². The molecule has 0 radical (unpaired) electrons. The number of benzene rings is 3. The van der Waals surface area contributed by atoms with Gasteiger partial charge in [0.2, 0.25) is 0 Å². The van der Waals surface area contributed by atoms with Gasteiger partial charge in [-0.3, -0.25) is 4.79 Å². The lowest BCUT2D eigenvalue weighted by molar-refractivity contribution is -0.138. The normalized spacial score (nSPS) is 12.2. The average molecular weight is 489 g/mol. The molecule has 8 heteroatoms. The number of hydrogen-bond donors (Lipinski definition) is 1. The van der Waals surface area contributed by atoms with Crippen molar-refractivity contribution in [2.45, 2.75) is 45.9 Å². The zero-order valence-corrected chi connectivity index (χ0v) is 19.7. The molecular weight excluding hydrogens is 461 g/mol. The van der Waals surface area contributed by atoms with Gasteiger partial charge in [0.15, 0.2) is 11.5 Å². The van der Waals surface area contributed by atoms with Crippen LogP contribution < -0.4 is 14.2 Å². The highest BCUT2D eigenvalue weighted by Crippen LogP contribution is 2.39. The predicted molar refractivity (Wildman–Crippen MR) is 125 cm³/mol. The highest BCUT2D eigenvalue weighted by molar-refractivity contribution is 5.70. The Hall–Kier alpha value is -3.68. The predicted octanol–water partition coefficient (Wildman–Crippen LogP) is 6.98. The smallest absolute Gasteiger partial charge is 0.416 e. The van der Waals surface area contributed by atoms with Crippen LogP contribution in [-0.4, -0.2) is 23.8 Å². The van der Waals surface area contributed by atoms with E-state index in [0.29, 0.717) is 30.1 Å². The van der Waals surface area contributed by atoms with Crippen LogP contribution in [0.2, 0.25) is 0 Å². The third kappa shape index (κ3) is 7.40. The van der Waals surface area contributed by atoms with Crippen LogP contribution in [0.25, 0.3) is 0 Å². The van der Waals surface area contributed by atoms with Crippen LogP contribution in [0.3, 0.4) is 0 Å². The van der Waals surface area contributed by atoms with Crippen molar-refractivity contribution in [2.24, 2.45) is 0 Å². The zero-order chi connectivity index (χ0) is 25.6. The largest absolute Gasteiger partial charge is 0.493 e. The number of rotatable bonds is 10. The molecule has 1 unspecified atom stereocenters. The maximum atomic E-state index is 13.3. The van der Waals surface area contributed by atoms with Crippen molar-refractivity contribution < 1.29 is 37.3 Å². The second-order valence-corrected chi connectivity index (χ2v) is 8.26. The first-order chi connectivity index (χ1) is 16.5. The van der Waals surface area contributed by atoms with Gasteiger partial charge in [0.05, 0.1) is 24.7 Å². The summed E-state index contributed by atoms with van der Waals surface area (Å²) in [6, 6.07) is 15.4. The minimum absolute atomic E-state index is 0.0215. The molecule has 0 aromatic heterocycles. The maximum absolute atomic E-state index is 13.3. The van der Waals surface area contributed by atoms with Crippen molar-refractivity contribution >= 4 is 5.97 Å². The standard InChI is InChI=1S/C27H27F3O5/c1-17-6-4-5-7-23(17)35-25-16-21(27(28,29)30)9-11-24(25)34-19(3)12-13-33-22-10-8-20(14-18(22)2)15-26(31)32/h4-11,14,16,19H,12-13,15H2,1-3H3,(H,31,32). The monoisotopic (exact) mass is 488 g/mol. The molecule has 0 fully saturated rings. The van der Waals surface area contributed by atoms with Crippen molar-refractivity contribution in [2.75, 3.05) is 6.61 Å². The molecule has 3 aromatic carbocycles. The van der Waals surface area contributed by atoms with E-state index in [1.807, 2.05) is 13.0 Å². The van der Waals surface area contributed by atoms with Gasteiger partial charge in [-0.05, 0) is 67.8 Å². The lowest BCUT2D eigenvalue weighted by atomic mass is 10.1. The fraction of sp³-hybridized carbons (Fsp3) is 0.296. The number of aliphatic carboxylic acids is 1. The van der Waals surface area contributed by atoms with Crippen molar-refractivity contribution in [3.05, 3.63) is 82.9 Å². The first-order valence-electron chi connectivity index (χ1n) is 11.1. The lowest BCUT2D eigenvalue weighted by Crippen LogP contribution is -2.17. The fourth-order valence-electron chi connectivity index (χ4n) is 3.42. The Morgan fingerprint density at radius 1 is 0.914 bits per heavy atom. The number of ether oxygens (including phenoxy) is 3. The molecule has 1 atom stereocenters. The molecule has 0 bridgehead atoms. The number of carboxylic acid groups (broad SMARTS) is 1. The van der Waals surface area contributed by atoms with E-state index < -0.39 is 17.7 Å². The number of para-hydroxylation sites is 1. The minimum atomic E-state index is -4.51. The van der Waals surface area contributed by atoms with Crippen LogP contribution in [0.4, 0.5) is 13.2 Å². The first kappa shape index (κ1) is 25.9. The van der Waals surface area contributed by atoms with Crippen LogP contribution in [0.1, 0.15) is 35.6 Å². The molecule has 186 valence electrons. The molecule has 0 heterocycles. The van der Waals surface area contributed by atoms with Crippen LogP contribution >= 0.6 is 0 Å². The second kappa shape index (κ2) is 11.2. The lowest BCUT2D eigenvalue weighted by Gasteiger charge is -2.20. The van der Waals surface area contributed by atoms with Gasteiger partial charge >= 0.3 is 12.1 Å². The second-order valence-electron chi connectivity index (χ2n) is 8.26. The van der Waals surface area contributed by atoms with Crippen LogP contribution in [0, 0.1) is 13.8 Å². The summed E-state index contributed by atoms with van der Waals surface area (Å²) in [4.78, 5) is 10.9. The van der Waals surface area contributed by atoms with Gasteiger partial charge < -0.3 is 19.3 Å². The molecule has 0 saturated carbocycles. The van der Waals surface area contributed by atoms with E-state index in [1.54, 1.807) is 50.2 Å². The van der Waals surface area contributed by atoms with Crippen LogP contribution in [0.15, 0.2) is 60.7 Å². The van der Waals surface area contributed by atoms with Crippen LogP contribution in [-0.2, 0) is 17.4 Å². The number of aryl methyl sites for hydroxylation is 2.